The van der Waals surface area contributed by atoms with Crippen molar-refractivity contribution in [1.29, 1.82) is 0 Å². The van der Waals surface area contributed by atoms with Gasteiger partial charge < -0.3 is 47.4 Å². The van der Waals surface area contributed by atoms with Crippen LogP contribution < -0.4 is 22.1 Å². The predicted octanol–water partition coefficient (Wildman–Crippen LogP) is 2.90. The Balaban J connectivity index is 1.53. The molecule has 0 aliphatic rings. The molecular formula is C38H56ClN7O6. The molecule has 2 aromatic carbocycles. The number of anilines is 2. The van der Waals surface area contributed by atoms with Gasteiger partial charge in [0.2, 0.25) is 0 Å². The zero-order valence-corrected chi connectivity index (χ0v) is 31.1. The molecule has 14 heteroatoms. The molecule has 0 spiro atoms. The summed E-state index contributed by atoms with van der Waals surface area (Å²) in [5.41, 5.74) is 15.4. The summed E-state index contributed by atoms with van der Waals surface area (Å²) in [5.74, 6) is -0.584. The Morgan fingerprint density at radius 3 is 2.31 bits per heavy atom. The molecule has 0 radical (unpaired) electrons. The minimum Gasteiger partial charge on any atom is -0.394 e. The molecular weight excluding hydrogens is 686 g/mol. The van der Waals surface area contributed by atoms with Crippen LogP contribution in [0.15, 0.2) is 48.5 Å². The summed E-state index contributed by atoms with van der Waals surface area (Å²) in [6.45, 7) is 6.44. The monoisotopic (exact) mass is 741 g/mol. The normalized spacial score (nSPS) is 13.8. The smallest absolute Gasteiger partial charge is 0.273 e. The molecule has 0 saturated carbocycles. The van der Waals surface area contributed by atoms with E-state index in [1.54, 1.807) is 0 Å². The van der Waals surface area contributed by atoms with Crippen molar-refractivity contribution in [3.63, 3.8) is 0 Å². The molecule has 0 aliphatic carbocycles. The number of unbranched alkanes of at least 4 members (excludes halogenated alkanes) is 3. The second-order valence-corrected chi connectivity index (χ2v) is 13.7. The molecule has 4 atom stereocenters. The van der Waals surface area contributed by atoms with Crippen molar-refractivity contribution in [2.24, 2.45) is 5.92 Å². The van der Waals surface area contributed by atoms with E-state index in [4.69, 9.17) is 28.2 Å². The number of benzene rings is 2. The summed E-state index contributed by atoms with van der Waals surface area (Å²) in [6, 6.07) is 15.6. The van der Waals surface area contributed by atoms with Gasteiger partial charge in [0.05, 0.1) is 12.7 Å². The molecule has 1 heterocycles. The number of nitrogen functional groups attached to an aromatic ring is 2. The molecule has 1 aromatic heterocycles. The third-order valence-electron chi connectivity index (χ3n) is 9.11. The molecule has 0 saturated heterocycles. The van der Waals surface area contributed by atoms with Crippen LogP contribution in [0.25, 0.3) is 0 Å². The highest BCUT2D eigenvalue weighted by molar-refractivity contribution is 6.31. The van der Waals surface area contributed by atoms with E-state index in [0.717, 1.165) is 43.2 Å². The number of aliphatic hydroxyl groups excluding tert-OH is 4. The highest BCUT2D eigenvalue weighted by atomic mass is 35.5. The first-order valence-electron chi connectivity index (χ1n) is 18.0. The van der Waals surface area contributed by atoms with Crippen LogP contribution in [0.2, 0.25) is 5.15 Å². The predicted molar refractivity (Wildman–Crippen MR) is 204 cm³/mol. The quantitative estimate of drug-likeness (QED) is 0.0491. The highest BCUT2D eigenvalue weighted by Gasteiger charge is 2.26. The Bertz CT molecular complexity index is 1550. The molecule has 0 bridgehead atoms. The second-order valence-electron chi connectivity index (χ2n) is 13.4. The first-order valence-corrected chi connectivity index (χ1v) is 18.4. The number of Topliss-reactive ketones (excluding diaryl/α,β-unsaturated/α-hetero) is 1. The number of ketones is 1. The molecule has 3 aromatic rings. The summed E-state index contributed by atoms with van der Waals surface area (Å²) in [5, 5.41) is 45.7. The van der Waals surface area contributed by atoms with Crippen molar-refractivity contribution in [1.82, 2.24) is 25.5 Å². The number of nitrogens with one attached hydrogen (secondary N) is 2. The second kappa shape index (κ2) is 22.4. The third kappa shape index (κ3) is 14.0. The van der Waals surface area contributed by atoms with Gasteiger partial charge in [0.15, 0.2) is 28.3 Å². The van der Waals surface area contributed by atoms with Crippen molar-refractivity contribution >= 4 is 34.9 Å². The number of amides is 1. The van der Waals surface area contributed by atoms with E-state index in [9.17, 15) is 24.9 Å². The SMILES string of the molecule is CCCCCCN(CCCC(=O)c1ccc(CNC[C@H](CNC(=O)c2nc(Cl)c(N)nc2N)Cc2ccccc2C)cc1)C[C@H](O)[C@@H](O)[C@H](O)CO. The van der Waals surface area contributed by atoms with Gasteiger partial charge in [0, 0.05) is 38.2 Å². The van der Waals surface area contributed by atoms with E-state index in [1.807, 2.05) is 41.3 Å². The molecule has 0 unspecified atom stereocenters. The summed E-state index contributed by atoms with van der Waals surface area (Å²) < 4.78 is 0. The van der Waals surface area contributed by atoms with Crippen LogP contribution >= 0.6 is 11.6 Å². The number of nitrogens with zero attached hydrogens (tertiary/aromatic N) is 3. The van der Waals surface area contributed by atoms with Crippen LogP contribution in [-0.2, 0) is 13.0 Å². The lowest BCUT2D eigenvalue weighted by Gasteiger charge is -2.28. The van der Waals surface area contributed by atoms with E-state index in [2.05, 4.69) is 46.6 Å². The number of rotatable bonds is 24. The number of nitrogens with two attached hydrogens (primary N) is 2. The zero-order chi connectivity index (χ0) is 38.0. The maximum Gasteiger partial charge on any atom is 0.273 e. The van der Waals surface area contributed by atoms with Gasteiger partial charge >= 0.3 is 0 Å². The molecule has 52 heavy (non-hydrogen) atoms. The molecule has 1 amide bonds. The van der Waals surface area contributed by atoms with Gasteiger partial charge in [-0.05, 0) is 61.9 Å². The number of hydrogen-bond donors (Lipinski definition) is 8. The molecule has 0 aliphatic heterocycles. The number of aryl methyl sites for hydroxylation is 1. The number of hydrogen-bond acceptors (Lipinski definition) is 12. The van der Waals surface area contributed by atoms with Crippen molar-refractivity contribution in [3.8, 4) is 0 Å². The molecule has 0 fully saturated rings. The lowest BCUT2D eigenvalue weighted by Crippen LogP contribution is -2.46. The van der Waals surface area contributed by atoms with Crippen molar-refractivity contribution in [3.05, 3.63) is 81.6 Å². The van der Waals surface area contributed by atoms with Gasteiger partial charge in [0.1, 0.15) is 12.2 Å². The first-order chi connectivity index (χ1) is 24.9. The zero-order valence-electron chi connectivity index (χ0n) is 30.3. The van der Waals surface area contributed by atoms with E-state index >= 15 is 0 Å². The summed E-state index contributed by atoms with van der Waals surface area (Å²) in [6.07, 6.45) is 1.70. The molecule has 286 valence electrons. The average Bonchev–Trinajstić information content (AvgIpc) is 3.13. The summed E-state index contributed by atoms with van der Waals surface area (Å²) in [7, 11) is 0. The standard InChI is InChI=1S/C38H56ClN7O6/c1-3-4-5-8-17-46(23-31(49)34(51)32(50)24-47)18-9-12-30(48)28-15-13-26(14-16-28)20-42-21-27(19-29-11-7-6-10-25(29)2)22-43-38(52)33-36(40)45-37(41)35(39)44-33/h6-7,10-11,13-16,27,31-32,34,42,47,49-51H,3-5,8-9,12,17-24H2,1-2H3,(H,43,52)(H4,40,41,45)/t27-,31+,32-,34-/m1/s1. The Hall–Kier alpha value is -3.69. The van der Waals surface area contributed by atoms with Gasteiger partial charge in [-0.1, -0.05) is 86.3 Å². The fourth-order valence-electron chi connectivity index (χ4n) is 5.93. The summed E-state index contributed by atoms with van der Waals surface area (Å²) in [4.78, 5) is 35.9. The maximum atomic E-state index is 13.0. The topological polar surface area (TPSA) is 220 Å². The fraction of sp³-hybridized carbons (Fsp3) is 0.526. The van der Waals surface area contributed by atoms with E-state index in [0.29, 0.717) is 51.1 Å². The lowest BCUT2D eigenvalue weighted by molar-refractivity contribution is -0.0842. The van der Waals surface area contributed by atoms with Crippen molar-refractivity contribution in [2.45, 2.75) is 83.6 Å². The van der Waals surface area contributed by atoms with Gasteiger partial charge in [-0.25, -0.2) is 9.97 Å². The van der Waals surface area contributed by atoms with E-state index in [-0.39, 0.29) is 40.7 Å². The van der Waals surface area contributed by atoms with Crippen molar-refractivity contribution < 1.29 is 30.0 Å². The number of carbonyl (C=O) groups excluding carboxylic acids is 2. The molecule has 13 nitrogen and oxygen atoms in total. The molecule has 3 rings (SSSR count). The van der Waals surface area contributed by atoms with E-state index in [1.165, 1.54) is 5.56 Å². The van der Waals surface area contributed by atoms with Crippen LogP contribution in [0.1, 0.15) is 83.0 Å². The average molecular weight is 742 g/mol. The van der Waals surface area contributed by atoms with Gasteiger partial charge in [-0.3, -0.25) is 9.59 Å². The third-order valence-corrected chi connectivity index (χ3v) is 9.38. The lowest BCUT2D eigenvalue weighted by atomic mass is 9.95. The Kier molecular flexibility index (Phi) is 18.4. The van der Waals surface area contributed by atoms with Gasteiger partial charge in [0.25, 0.3) is 5.91 Å². The minimum absolute atomic E-state index is 0.0171. The number of halogens is 1. The first kappa shape index (κ1) is 42.7. The van der Waals surface area contributed by atoms with Crippen LogP contribution in [-0.4, -0.2) is 105 Å². The number of carbonyl (C=O) groups is 2. The Morgan fingerprint density at radius 2 is 1.62 bits per heavy atom. The highest BCUT2D eigenvalue weighted by Crippen LogP contribution is 2.18. The number of aliphatic hydroxyl groups is 4. The summed E-state index contributed by atoms with van der Waals surface area (Å²) >= 11 is 5.97. The Morgan fingerprint density at radius 1 is 0.904 bits per heavy atom. The number of aromatic nitrogens is 2. The van der Waals surface area contributed by atoms with Gasteiger partial charge in [-0.15, -0.1) is 0 Å². The minimum atomic E-state index is -1.45. The van der Waals surface area contributed by atoms with Crippen LogP contribution in [0.4, 0.5) is 11.6 Å². The molecule has 10 N–H and O–H groups in total. The van der Waals surface area contributed by atoms with Crippen LogP contribution in [0.5, 0.6) is 0 Å². The van der Waals surface area contributed by atoms with E-state index < -0.39 is 30.8 Å². The Labute approximate surface area is 311 Å². The van der Waals surface area contributed by atoms with Gasteiger partial charge in [-0.2, -0.15) is 0 Å². The van der Waals surface area contributed by atoms with Crippen LogP contribution in [0.3, 0.4) is 0 Å². The largest absolute Gasteiger partial charge is 0.394 e. The fourth-order valence-corrected chi connectivity index (χ4v) is 6.05. The van der Waals surface area contributed by atoms with Crippen molar-refractivity contribution in [2.75, 3.05) is 50.8 Å². The van der Waals surface area contributed by atoms with Crippen LogP contribution in [0, 0.1) is 12.8 Å². The maximum absolute atomic E-state index is 13.0.